The predicted molar refractivity (Wildman–Crippen MR) is 122 cm³/mol. The maximum absolute atomic E-state index is 13.4. The summed E-state index contributed by atoms with van der Waals surface area (Å²) in [5.74, 6) is -1.04. The monoisotopic (exact) mass is 561 g/mol. The number of rotatable bonds is 6. The van der Waals surface area contributed by atoms with Crippen LogP contribution in [0.3, 0.4) is 0 Å². The zero-order chi connectivity index (χ0) is 27.7. The highest BCUT2D eigenvalue weighted by atomic mass is 32.2. The number of carbonyl (C=O) groups is 1. The third-order valence-corrected chi connectivity index (χ3v) is 8.54. The fourth-order valence-electron chi connectivity index (χ4n) is 4.93. The van der Waals surface area contributed by atoms with Gasteiger partial charge in [0.05, 0.1) is 22.5 Å². The van der Waals surface area contributed by atoms with Gasteiger partial charge in [-0.2, -0.15) is 31.1 Å². The predicted octanol–water partition coefficient (Wildman–Crippen LogP) is 4.70. The van der Waals surface area contributed by atoms with Crippen LogP contribution in [0.1, 0.15) is 60.5 Å². The third kappa shape index (κ3) is 4.40. The van der Waals surface area contributed by atoms with Gasteiger partial charge < -0.3 is 10.3 Å². The summed E-state index contributed by atoms with van der Waals surface area (Å²) in [5, 5.41) is -0.129. The van der Waals surface area contributed by atoms with E-state index >= 15 is 0 Å². The molecule has 2 saturated carbocycles. The van der Waals surface area contributed by atoms with Crippen LogP contribution in [0, 0.1) is 0 Å². The van der Waals surface area contributed by atoms with Crippen molar-refractivity contribution in [2.24, 2.45) is 5.73 Å². The SMILES string of the molecule is NC(=O)c1c(-c2ccc(S(=O)(=O)NC3(C(F)(F)F)CC3)cn2)n(C2CCCC2)c2ncc(C(F)(F)F)cc12. The number of aromatic nitrogens is 3. The lowest BCUT2D eigenvalue weighted by atomic mass is 10.1. The Hall–Kier alpha value is -3.20. The van der Waals surface area contributed by atoms with Crippen LogP contribution in [0.15, 0.2) is 35.5 Å². The summed E-state index contributed by atoms with van der Waals surface area (Å²) in [6.45, 7) is 0. The quantitative estimate of drug-likeness (QED) is 0.423. The van der Waals surface area contributed by atoms with E-state index < -0.39 is 57.1 Å². The molecule has 2 fully saturated rings. The summed E-state index contributed by atoms with van der Waals surface area (Å²) in [4.78, 5) is 20.1. The fraction of sp³-hybridized carbons (Fsp3) is 0.435. The largest absolute Gasteiger partial charge is 0.417 e. The van der Waals surface area contributed by atoms with Crippen LogP contribution in [0.5, 0.6) is 0 Å². The first-order valence-corrected chi connectivity index (χ1v) is 13.1. The molecule has 0 radical (unpaired) electrons. The maximum atomic E-state index is 13.4. The normalized spacial score (nSPS) is 18.3. The van der Waals surface area contributed by atoms with Crippen molar-refractivity contribution >= 4 is 27.0 Å². The van der Waals surface area contributed by atoms with Gasteiger partial charge in [-0.3, -0.25) is 9.78 Å². The molecule has 8 nitrogen and oxygen atoms in total. The molecule has 2 aliphatic rings. The van der Waals surface area contributed by atoms with Gasteiger partial charge in [-0.25, -0.2) is 13.4 Å². The number of hydrogen-bond acceptors (Lipinski definition) is 5. The summed E-state index contributed by atoms with van der Waals surface area (Å²) in [7, 11) is -4.60. The Morgan fingerprint density at radius 2 is 1.71 bits per heavy atom. The summed E-state index contributed by atoms with van der Waals surface area (Å²) >= 11 is 0. The van der Waals surface area contributed by atoms with Gasteiger partial charge in [0.15, 0.2) is 0 Å². The molecular weight excluding hydrogens is 540 g/mol. The number of sulfonamides is 1. The summed E-state index contributed by atoms with van der Waals surface area (Å²) in [6, 6.07) is 2.75. The number of alkyl halides is 6. The Balaban J connectivity index is 1.64. The molecule has 5 rings (SSSR count). The Morgan fingerprint density at radius 3 is 2.21 bits per heavy atom. The molecule has 3 heterocycles. The number of nitrogens with one attached hydrogen (secondary N) is 1. The van der Waals surface area contributed by atoms with Crippen molar-refractivity contribution in [3.8, 4) is 11.4 Å². The molecule has 0 aromatic carbocycles. The number of halogens is 6. The van der Waals surface area contributed by atoms with Crippen molar-refractivity contribution in [2.45, 2.75) is 67.4 Å². The number of carbonyl (C=O) groups excluding carboxylic acids is 1. The molecule has 3 aromatic rings. The van der Waals surface area contributed by atoms with E-state index in [1.165, 1.54) is 6.07 Å². The molecule has 15 heteroatoms. The molecule has 0 spiro atoms. The highest BCUT2D eigenvalue weighted by molar-refractivity contribution is 7.89. The number of primary amides is 1. The smallest absolute Gasteiger partial charge is 0.366 e. The number of pyridine rings is 2. The van der Waals surface area contributed by atoms with Crippen molar-refractivity contribution in [1.29, 1.82) is 0 Å². The van der Waals surface area contributed by atoms with Gasteiger partial charge >= 0.3 is 12.4 Å². The molecular formula is C23H21F6N5O3S. The van der Waals surface area contributed by atoms with E-state index in [4.69, 9.17) is 5.73 Å². The van der Waals surface area contributed by atoms with Gasteiger partial charge in [-0.05, 0) is 43.9 Å². The summed E-state index contributed by atoms with van der Waals surface area (Å²) in [6.07, 6.45) is -5.85. The fourth-order valence-corrected chi connectivity index (χ4v) is 6.32. The lowest BCUT2D eigenvalue weighted by Gasteiger charge is -2.20. The minimum Gasteiger partial charge on any atom is -0.366 e. The lowest BCUT2D eigenvalue weighted by molar-refractivity contribution is -0.160. The first-order valence-electron chi connectivity index (χ1n) is 11.6. The summed E-state index contributed by atoms with van der Waals surface area (Å²) < 4.78 is 109. The Bertz CT molecular complexity index is 1520. The molecule has 0 saturated heterocycles. The molecule has 0 unspecified atom stereocenters. The van der Waals surface area contributed by atoms with Crippen molar-refractivity contribution < 1.29 is 39.6 Å². The number of nitrogens with zero attached hydrogens (tertiary/aromatic N) is 3. The standard InChI is InChI=1S/C23H21F6N5O3S/c24-22(25,26)12-9-15-17(19(30)35)18(34(20(15)32-10-12)13-3-1-2-4-13)16-6-5-14(11-31-16)38(36,37)33-21(7-8-21)23(27,28)29/h5-6,9-11,13,33H,1-4,7-8H2,(H2,30,35). The molecule has 204 valence electrons. The van der Waals surface area contributed by atoms with Crippen LogP contribution in [0.4, 0.5) is 26.3 Å². The van der Waals surface area contributed by atoms with Crippen molar-refractivity contribution in [3.05, 3.63) is 41.7 Å². The second-order valence-corrected chi connectivity index (χ2v) is 11.2. The molecule has 3 aromatic heterocycles. The van der Waals surface area contributed by atoms with Crippen molar-refractivity contribution in [1.82, 2.24) is 19.3 Å². The molecule has 0 bridgehead atoms. The minimum atomic E-state index is -4.77. The van der Waals surface area contributed by atoms with Crippen LogP contribution < -0.4 is 10.5 Å². The Morgan fingerprint density at radius 1 is 1.05 bits per heavy atom. The van der Waals surface area contributed by atoms with Crippen LogP contribution in [-0.2, 0) is 16.2 Å². The highest BCUT2D eigenvalue weighted by Crippen LogP contribution is 2.50. The Labute approximate surface area is 212 Å². The van der Waals surface area contributed by atoms with Crippen LogP contribution in [-0.4, -0.2) is 40.6 Å². The van der Waals surface area contributed by atoms with Gasteiger partial charge in [0.25, 0.3) is 5.91 Å². The topological polar surface area (TPSA) is 120 Å². The second kappa shape index (κ2) is 8.66. The van der Waals surface area contributed by atoms with Crippen molar-refractivity contribution in [2.75, 3.05) is 0 Å². The first kappa shape index (κ1) is 26.4. The summed E-state index contributed by atoms with van der Waals surface area (Å²) in [5.41, 5.74) is 1.90. The van der Waals surface area contributed by atoms with Crippen LogP contribution >= 0.6 is 0 Å². The van der Waals surface area contributed by atoms with E-state index in [9.17, 15) is 39.6 Å². The molecule has 1 amide bonds. The Kier molecular flexibility index (Phi) is 6.02. The third-order valence-electron chi connectivity index (χ3n) is 7.02. The van der Waals surface area contributed by atoms with Gasteiger partial charge in [-0.1, -0.05) is 12.8 Å². The zero-order valence-electron chi connectivity index (χ0n) is 19.5. The number of amides is 1. The van der Waals surface area contributed by atoms with Gasteiger partial charge in [0.2, 0.25) is 10.0 Å². The number of nitrogens with two attached hydrogens (primary N) is 1. The maximum Gasteiger partial charge on any atom is 0.417 e. The molecule has 38 heavy (non-hydrogen) atoms. The number of hydrogen-bond donors (Lipinski definition) is 2. The number of fused-ring (bicyclic) bond motifs is 1. The molecule has 3 N–H and O–H groups in total. The van der Waals surface area contributed by atoms with E-state index in [-0.39, 0.29) is 34.0 Å². The van der Waals surface area contributed by atoms with Gasteiger partial charge in [-0.15, -0.1) is 0 Å². The first-order chi connectivity index (χ1) is 17.6. The second-order valence-electron chi connectivity index (χ2n) is 9.55. The van der Waals surface area contributed by atoms with E-state index in [2.05, 4.69) is 9.97 Å². The van der Waals surface area contributed by atoms with E-state index in [1.54, 1.807) is 9.29 Å². The highest BCUT2D eigenvalue weighted by Gasteiger charge is 2.65. The van der Waals surface area contributed by atoms with E-state index in [0.717, 1.165) is 31.2 Å². The average molecular weight is 562 g/mol. The van der Waals surface area contributed by atoms with Crippen LogP contribution in [0.2, 0.25) is 0 Å². The average Bonchev–Trinajstić information content (AvgIpc) is 3.26. The molecule has 2 aliphatic carbocycles. The molecule has 0 atom stereocenters. The van der Waals surface area contributed by atoms with Gasteiger partial charge in [0, 0.05) is 23.8 Å². The van der Waals surface area contributed by atoms with Gasteiger partial charge in [0.1, 0.15) is 16.1 Å². The molecule has 0 aliphatic heterocycles. The minimum absolute atomic E-state index is 0.00756. The van der Waals surface area contributed by atoms with E-state index in [1.807, 2.05) is 0 Å². The van der Waals surface area contributed by atoms with Crippen molar-refractivity contribution in [3.63, 3.8) is 0 Å². The lowest BCUT2D eigenvalue weighted by Crippen LogP contribution is -2.47. The van der Waals surface area contributed by atoms with E-state index in [0.29, 0.717) is 19.0 Å². The zero-order valence-corrected chi connectivity index (χ0v) is 20.3. The van der Waals surface area contributed by atoms with Crippen LogP contribution in [0.25, 0.3) is 22.4 Å².